The quantitative estimate of drug-likeness (QED) is 0.587. The van der Waals surface area contributed by atoms with Crippen LogP contribution < -0.4 is 0 Å². The molecular weight excluding hydrogens is 134 g/mol. The standard InChI is InChI=1S/C10H19N/c1-8(2)9-6-11(7-9)10-4-3-5-10/h8-10H,3-7H2,1-2H3. The van der Waals surface area contributed by atoms with Gasteiger partial charge in [-0.25, -0.2) is 0 Å². The lowest BCUT2D eigenvalue weighted by molar-refractivity contribution is -0.00236. The Balaban J connectivity index is 1.70. The van der Waals surface area contributed by atoms with Gasteiger partial charge in [-0.2, -0.15) is 0 Å². The molecule has 1 nitrogen and oxygen atoms in total. The van der Waals surface area contributed by atoms with E-state index in [1.54, 1.807) is 0 Å². The van der Waals surface area contributed by atoms with Gasteiger partial charge in [0.1, 0.15) is 0 Å². The van der Waals surface area contributed by atoms with Crippen molar-refractivity contribution in [2.75, 3.05) is 13.1 Å². The zero-order valence-electron chi connectivity index (χ0n) is 7.71. The summed E-state index contributed by atoms with van der Waals surface area (Å²) in [4.78, 5) is 2.67. The zero-order valence-corrected chi connectivity index (χ0v) is 7.71. The predicted octanol–water partition coefficient (Wildman–Crippen LogP) is 2.13. The van der Waals surface area contributed by atoms with Gasteiger partial charge in [0.15, 0.2) is 0 Å². The van der Waals surface area contributed by atoms with Crippen LogP contribution in [0.25, 0.3) is 0 Å². The van der Waals surface area contributed by atoms with Crippen molar-refractivity contribution >= 4 is 0 Å². The molecule has 1 aliphatic heterocycles. The average Bonchev–Trinajstić information content (AvgIpc) is 1.70. The highest BCUT2D eigenvalue weighted by Crippen LogP contribution is 2.33. The summed E-state index contributed by atoms with van der Waals surface area (Å²) >= 11 is 0. The van der Waals surface area contributed by atoms with E-state index in [4.69, 9.17) is 0 Å². The fraction of sp³-hybridized carbons (Fsp3) is 1.00. The fourth-order valence-electron chi connectivity index (χ4n) is 2.02. The highest BCUT2D eigenvalue weighted by Gasteiger charge is 2.35. The van der Waals surface area contributed by atoms with Crippen LogP contribution in [0.5, 0.6) is 0 Å². The van der Waals surface area contributed by atoms with Crippen LogP contribution in [0.2, 0.25) is 0 Å². The molecule has 11 heavy (non-hydrogen) atoms. The molecule has 1 heterocycles. The topological polar surface area (TPSA) is 3.24 Å². The molecular formula is C10H19N. The molecule has 0 aromatic carbocycles. The summed E-state index contributed by atoms with van der Waals surface area (Å²) in [5.74, 6) is 1.92. The second-order valence-corrected chi connectivity index (χ2v) is 4.54. The summed E-state index contributed by atoms with van der Waals surface area (Å²) in [5.41, 5.74) is 0. The molecule has 0 aromatic rings. The third-order valence-electron chi connectivity index (χ3n) is 3.47. The van der Waals surface area contributed by atoms with Crippen molar-refractivity contribution in [2.45, 2.75) is 39.2 Å². The molecule has 0 bridgehead atoms. The Hall–Kier alpha value is -0.0400. The fourth-order valence-corrected chi connectivity index (χ4v) is 2.02. The van der Waals surface area contributed by atoms with Crippen molar-refractivity contribution < 1.29 is 0 Å². The molecule has 1 heteroatoms. The molecule has 2 rings (SSSR count). The first kappa shape index (κ1) is 7.60. The number of likely N-dealkylation sites (tertiary alicyclic amines) is 1. The maximum atomic E-state index is 2.67. The van der Waals surface area contributed by atoms with Crippen LogP contribution in [0.15, 0.2) is 0 Å². The van der Waals surface area contributed by atoms with E-state index in [0.717, 1.165) is 17.9 Å². The van der Waals surface area contributed by atoms with Crippen LogP contribution in [0.4, 0.5) is 0 Å². The summed E-state index contributed by atoms with van der Waals surface area (Å²) in [7, 11) is 0. The van der Waals surface area contributed by atoms with Gasteiger partial charge in [0, 0.05) is 19.1 Å². The van der Waals surface area contributed by atoms with E-state index >= 15 is 0 Å². The summed E-state index contributed by atoms with van der Waals surface area (Å²) in [6.45, 7) is 7.48. The molecule has 1 saturated heterocycles. The first-order valence-electron chi connectivity index (χ1n) is 5.01. The lowest BCUT2D eigenvalue weighted by atomic mass is 9.82. The number of nitrogens with zero attached hydrogens (tertiary/aromatic N) is 1. The van der Waals surface area contributed by atoms with Crippen LogP contribution >= 0.6 is 0 Å². The molecule has 0 amide bonds. The van der Waals surface area contributed by atoms with E-state index in [0.29, 0.717) is 0 Å². The first-order valence-corrected chi connectivity index (χ1v) is 5.01. The van der Waals surface area contributed by atoms with Gasteiger partial charge < -0.3 is 0 Å². The molecule has 64 valence electrons. The summed E-state index contributed by atoms with van der Waals surface area (Å²) < 4.78 is 0. The largest absolute Gasteiger partial charge is 0.300 e. The van der Waals surface area contributed by atoms with Gasteiger partial charge >= 0.3 is 0 Å². The molecule has 0 atom stereocenters. The Kier molecular flexibility index (Phi) is 1.92. The van der Waals surface area contributed by atoms with Crippen molar-refractivity contribution in [3.05, 3.63) is 0 Å². The minimum Gasteiger partial charge on any atom is -0.300 e. The van der Waals surface area contributed by atoms with E-state index in [1.165, 1.54) is 32.4 Å². The second-order valence-electron chi connectivity index (χ2n) is 4.54. The maximum Gasteiger partial charge on any atom is 0.00955 e. The second kappa shape index (κ2) is 2.78. The Labute approximate surface area is 69.8 Å². The van der Waals surface area contributed by atoms with E-state index in [9.17, 15) is 0 Å². The third-order valence-corrected chi connectivity index (χ3v) is 3.47. The Morgan fingerprint density at radius 3 is 2.18 bits per heavy atom. The molecule has 1 saturated carbocycles. The molecule has 2 aliphatic rings. The van der Waals surface area contributed by atoms with Crippen molar-refractivity contribution in [3.8, 4) is 0 Å². The van der Waals surface area contributed by atoms with Crippen LogP contribution in [0, 0.1) is 11.8 Å². The number of hydrogen-bond donors (Lipinski definition) is 0. The Morgan fingerprint density at radius 2 is 1.82 bits per heavy atom. The SMILES string of the molecule is CC(C)C1CN(C2CCC2)C1. The minimum absolute atomic E-state index is 0.909. The van der Waals surface area contributed by atoms with Crippen LogP contribution in [0.3, 0.4) is 0 Å². The molecule has 2 fully saturated rings. The van der Waals surface area contributed by atoms with Gasteiger partial charge in [-0.3, -0.25) is 4.90 Å². The molecule has 0 spiro atoms. The maximum absolute atomic E-state index is 2.67. The lowest BCUT2D eigenvalue weighted by Crippen LogP contribution is -2.55. The van der Waals surface area contributed by atoms with Crippen molar-refractivity contribution in [3.63, 3.8) is 0 Å². The molecule has 0 N–H and O–H groups in total. The van der Waals surface area contributed by atoms with E-state index in [2.05, 4.69) is 18.7 Å². The van der Waals surface area contributed by atoms with E-state index in [1.807, 2.05) is 0 Å². The Morgan fingerprint density at radius 1 is 1.18 bits per heavy atom. The minimum atomic E-state index is 0.909. The average molecular weight is 153 g/mol. The predicted molar refractivity (Wildman–Crippen MR) is 47.5 cm³/mol. The highest BCUT2D eigenvalue weighted by atomic mass is 15.2. The van der Waals surface area contributed by atoms with Crippen molar-refractivity contribution in [2.24, 2.45) is 11.8 Å². The zero-order chi connectivity index (χ0) is 7.84. The van der Waals surface area contributed by atoms with E-state index < -0.39 is 0 Å². The van der Waals surface area contributed by atoms with Crippen LogP contribution in [0.1, 0.15) is 33.1 Å². The van der Waals surface area contributed by atoms with Crippen molar-refractivity contribution in [1.29, 1.82) is 0 Å². The summed E-state index contributed by atoms with van der Waals surface area (Å²) in [6, 6.07) is 0.991. The monoisotopic (exact) mass is 153 g/mol. The van der Waals surface area contributed by atoms with Gasteiger partial charge in [-0.05, 0) is 24.7 Å². The van der Waals surface area contributed by atoms with Crippen LogP contribution in [-0.2, 0) is 0 Å². The third kappa shape index (κ3) is 1.31. The normalized spacial score (nSPS) is 28.6. The number of hydrogen-bond acceptors (Lipinski definition) is 1. The van der Waals surface area contributed by atoms with Crippen molar-refractivity contribution in [1.82, 2.24) is 4.90 Å². The first-order chi connectivity index (χ1) is 5.27. The summed E-state index contributed by atoms with van der Waals surface area (Å²) in [6.07, 6.45) is 4.43. The summed E-state index contributed by atoms with van der Waals surface area (Å²) in [5, 5.41) is 0. The Bertz CT molecular complexity index is 132. The lowest BCUT2D eigenvalue weighted by Gasteiger charge is -2.49. The van der Waals surface area contributed by atoms with Gasteiger partial charge in [0.2, 0.25) is 0 Å². The van der Waals surface area contributed by atoms with Gasteiger partial charge in [0.25, 0.3) is 0 Å². The smallest absolute Gasteiger partial charge is 0.00955 e. The molecule has 0 unspecified atom stereocenters. The van der Waals surface area contributed by atoms with Gasteiger partial charge in [-0.15, -0.1) is 0 Å². The molecule has 0 radical (unpaired) electrons. The number of rotatable bonds is 2. The van der Waals surface area contributed by atoms with E-state index in [-0.39, 0.29) is 0 Å². The van der Waals surface area contributed by atoms with Crippen LogP contribution in [-0.4, -0.2) is 24.0 Å². The van der Waals surface area contributed by atoms with Gasteiger partial charge in [0.05, 0.1) is 0 Å². The highest BCUT2D eigenvalue weighted by molar-refractivity contribution is 4.90. The molecule has 1 aliphatic carbocycles. The molecule has 0 aromatic heterocycles. The van der Waals surface area contributed by atoms with Gasteiger partial charge in [-0.1, -0.05) is 20.3 Å².